The van der Waals surface area contributed by atoms with Gasteiger partial charge in [0.15, 0.2) is 0 Å². The molecule has 1 atom stereocenters. The number of para-hydroxylation sites is 1. The number of anilines is 1. The minimum atomic E-state index is -3.55. The van der Waals surface area contributed by atoms with Crippen LogP contribution in [0, 0.1) is 6.92 Å². The van der Waals surface area contributed by atoms with E-state index in [0.29, 0.717) is 31.1 Å². The number of piperazine rings is 1. The van der Waals surface area contributed by atoms with Gasteiger partial charge in [-0.1, -0.05) is 30.3 Å². The topological polar surface area (TPSA) is 94.6 Å². The maximum Gasteiger partial charge on any atom is 0.243 e. The summed E-state index contributed by atoms with van der Waals surface area (Å²) in [4.78, 5) is 18.5. The average Bonchev–Trinajstić information content (AvgIpc) is 3.36. The van der Waals surface area contributed by atoms with Gasteiger partial charge in [0.25, 0.3) is 0 Å². The fraction of sp³-hybridized carbons (Fsp3) is 0.344. The van der Waals surface area contributed by atoms with Gasteiger partial charge in [-0.25, -0.2) is 23.4 Å². The van der Waals surface area contributed by atoms with Crippen molar-refractivity contribution in [3.8, 4) is 11.1 Å². The Morgan fingerprint density at radius 1 is 1.00 bits per heavy atom. The molecule has 2 aromatic heterocycles. The molecular weight excluding hydrogens is 579 g/mol. The second kappa shape index (κ2) is 12.3. The van der Waals surface area contributed by atoms with E-state index in [1.54, 1.807) is 28.8 Å². The van der Waals surface area contributed by atoms with Crippen LogP contribution >= 0.6 is 11.3 Å². The van der Waals surface area contributed by atoms with Gasteiger partial charge in [0.05, 0.1) is 25.6 Å². The number of benzene rings is 3. The van der Waals surface area contributed by atoms with Gasteiger partial charge >= 0.3 is 0 Å². The van der Waals surface area contributed by atoms with E-state index in [4.69, 9.17) is 0 Å². The molecule has 0 bridgehead atoms. The Kier molecular flexibility index (Phi) is 8.43. The molecule has 3 aromatic carbocycles. The van der Waals surface area contributed by atoms with E-state index in [0.717, 1.165) is 56.2 Å². The molecule has 0 unspecified atom stereocenters. The summed E-state index contributed by atoms with van der Waals surface area (Å²) >= 11 is 1.52. The quantitative estimate of drug-likeness (QED) is 0.245. The van der Waals surface area contributed by atoms with Crippen molar-refractivity contribution in [1.82, 2.24) is 29.1 Å². The molecule has 3 heterocycles. The van der Waals surface area contributed by atoms with Crippen LogP contribution in [0.2, 0.25) is 0 Å². The SMILES string of the molecule is Cc1nc2ccc(S(=O)(=O)N3CCN(C[C@H](C)Nc4ncnc5c(-c6cccc(CN(C)C)c6)cccc45)CC3)cc2s1. The van der Waals surface area contributed by atoms with Gasteiger partial charge in [0.1, 0.15) is 12.1 Å². The predicted octanol–water partition coefficient (Wildman–Crippen LogP) is 5.08. The molecule has 1 fully saturated rings. The Bertz CT molecular complexity index is 1860. The van der Waals surface area contributed by atoms with E-state index >= 15 is 0 Å². The highest BCUT2D eigenvalue weighted by Crippen LogP contribution is 2.31. The van der Waals surface area contributed by atoms with Crippen molar-refractivity contribution in [2.24, 2.45) is 0 Å². The third kappa shape index (κ3) is 6.41. The maximum atomic E-state index is 13.4. The summed E-state index contributed by atoms with van der Waals surface area (Å²) in [6.07, 6.45) is 1.62. The van der Waals surface area contributed by atoms with Crippen LogP contribution in [0.15, 0.2) is 71.9 Å². The summed E-state index contributed by atoms with van der Waals surface area (Å²) in [7, 11) is 0.593. The molecule has 5 aromatic rings. The number of nitrogens with zero attached hydrogens (tertiary/aromatic N) is 6. The Morgan fingerprint density at radius 3 is 2.58 bits per heavy atom. The standard InChI is InChI=1S/C32H37N7O2S2/c1-22(19-38-13-15-39(16-14-38)43(40,41)26-11-12-29-30(18-26)42-23(2)36-29)35-32-28-10-6-9-27(31(28)33-21-34-32)25-8-5-7-24(17-25)20-37(3)4/h5-12,17-18,21-22H,13-16,19-20H2,1-4H3,(H,33,34,35)/t22-/m0/s1. The third-order valence-corrected chi connectivity index (χ3v) is 10.6. The van der Waals surface area contributed by atoms with Crippen molar-refractivity contribution < 1.29 is 8.42 Å². The Balaban J connectivity index is 1.11. The van der Waals surface area contributed by atoms with Gasteiger partial charge in [-0.15, -0.1) is 11.3 Å². The van der Waals surface area contributed by atoms with Crippen LogP contribution in [0.3, 0.4) is 0 Å². The summed E-state index contributed by atoms with van der Waals surface area (Å²) in [6.45, 7) is 7.99. The Labute approximate surface area is 257 Å². The molecule has 6 rings (SSSR count). The van der Waals surface area contributed by atoms with Gasteiger partial charge in [-0.3, -0.25) is 4.90 Å². The van der Waals surface area contributed by atoms with Crippen LogP contribution in [0.1, 0.15) is 17.5 Å². The van der Waals surface area contributed by atoms with E-state index < -0.39 is 10.0 Å². The lowest BCUT2D eigenvalue weighted by molar-refractivity contribution is 0.184. The minimum absolute atomic E-state index is 0.102. The number of hydrogen-bond acceptors (Lipinski definition) is 9. The van der Waals surface area contributed by atoms with Crippen molar-refractivity contribution in [1.29, 1.82) is 0 Å². The zero-order chi connectivity index (χ0) is 30.1. The predicted molar refractivity (Wildman–Crippen MR) is 175 cm³/mol. The summed E-state index contributed by atoms with van der Waals surface area (Å²) in [5.74, 6) is 0.804. The molecule has 1 saturated heterocycles. The lowest BCUT2D eigenvalue weighted by Gasteiger charge is -2.35. The van der Waals surface area contributed by atoms with Gasteiger partial charge in [-0.2, -0.15) is 4.31 Å². The van der Waals surface area contributed by atoms with Crippen LogP contribution in [0.25, 0.3) is 32.2 Å². The molecule has 11 heteroatoms. The fourth-order valence-corrected chi connectivity index (χ4v) is 8.18. The van der Waals surface area contributed by atoms with E-state index in [1.165, 1.54) is 16.9 Å². The maximum absolute atomic E-state index is 13.4. The highest BCUT2D eigenvalue weighted by atomic mass is 32.2. The number of hydrogen-bond donors (Lipinski definition) is 1. The molecular formula is C32H37N7O2S2. The van der Waals surface area contributed by atoms with Crippen LogP contribution in [0.5, 0.6) is 0 Å². The molecule has 0 aliphatic carbocycles. The lowest BCUT2D eigenvalue weighted by atomic mass is 10.00. The molecule has 9 nitrogen and oxygen atoms in total. The zero-order valence-corrected chi connectivity index (χ0v) is 26.6. The molecule has 1 aliphatic heterocycles. The first kappa shape index (κ1) is 29.6. The molecule has 43 heavy (non-hydrogen) atoms. The van der Waals surface area contributed by atoms with Crippen LogP contribution < -0.4 is 5.32 Å². The summed E-state index contributed by atoms with van der Waals surface area (Å²) < 4.78 is 29.3. The van der Waals surface area contributed by atoms with Crippen molar-refractivity contribution in [2.75, 3.05) is 52.1 Å². The van der Waals surface area contributed by atoms with Gasteiger partial charge in [-0.05, 0) is 69.4 Å². The van der Waals surface area contributed by atoms with Crippen LogP contribution in [0.4, 0.5) is 5.82 Å². The minimum Gasteiger partial charge on any atom is -0.366 e. The number of sulfonamides is 1. The first-order valence-corrected chi connectivity index (χ1v) is 16.8. The fourth-order valence-electron chi connectivity index (χ4n) is 5.79. The number of fused-ring (bicyclic) bond motifs is 2. The van der Waals surface area contributed by atoms with Crippen molar-refractivity contribution in [3.63, 3.8) is 0 Å². The number of nitrogens with one attached hydrogen (secondary N) is 1. The summed E-state index contributed by atoms with van der Waals surface area (Å²) in [5, 5.41) is 5.51. The molecule has 0 amide bonds. The largest absolute Gasteiger partial charge is 0.366 e. The smallest absolute Gasteiger partial charge is 0.243 e. The number of aromatic nitrogens is 3. The van der Waals surface area contributed by atoms with Crippen LogP contribution in [-0.2, 0) is 16.6 Å². The Hall–Kier alpha value is -3.48. The molecule has 1 N–H and O–H groups in total. The highest BCUT2D eigenvalue weighted by Gasteiger charge is 2.29. The summed E-state index contributed by atoms with van der Waals surface area (Å²) in [5.41, 5.74) is 5.23. The molecule has 0 radical (unpaired) electrons. The monoisotopic (exact) mass is 615 g/mol. The first-order chi connectivity index (χ1) is 20.7. The first-order valence-electron chi connectivity index (χ1n) is 14.5. The molecule has 0 saturated carbocycles. The van der Waals surface area contributed by atoms with Crippen molar-refractivity contribution >= 4 is 48.3 Å². The van der Waals surface area contributed by atoms with E-state index in [9.17, 15) is 8.42 Å². The molecule has 0 spiro atoms. The normalized spacial score (nSPS) is 15.8. The van der Waals surface area contributed by atoms with Crippen LogP contribution in [-0.4, -0.2) is 90.3 Å². The van der Waals surface area contributed by atoms with Gasteiger partial charge < -0.3 is 10.2 Å². The van der Waals surface area contributed by atoms with Crippen molar-refractivity contribution in [2.45, 2.75) is 31.3 Å². The molecule has 1 aliphatic rings. The van der Waals surface area contributed by atoms with Gasteiger partial charge in [0, 0.05) is 56.3 Å². The average molecular weight is 616 g/mol. The van der Waals surface area contributed by atoms with Gasteiger partial charge in [0.2, 0.25) is 10.0 Å². The molecule has 224 valence electrons. The van der Waals surface area contributed by atoms with E-state index in [2.05, 4.69) is 93.6 Å². The number of thiazole rings is 1. The lowest BCUT2D eigenvalue weighted by Crippen LogP contribution is -2.50. The number of rotatable bonds is 9. The Morgan fingerprint density at radius 2 is 1.79 bits per heavy atom. The third-order valence-electron chi connectivity index (χ3n) is 7.75. The summed E-state index contributed by atoms with van der Waals surface area (Å²) in [6, 6.07) is 20.2. The highest BCUT2D eigenvalue weighted by molar-refractivity contribution is 7.89. The number of aryl methyl sites for hydroxylation is 1. The van der Waals surface area contributed by atoms with Crippen molar-refractivity contribution in [3.05, 3.63) is 77.6 Å². The second-order valence-corrected chi connectivity index (χ2v) is 14.6. The van der Waals surface area contributed by atoms with E-state index in [1.807, 2.05) is 6.92 Å². The second-order valence-electron chi connectivity index (χ2n) is 11.5. The zero-order valence-electron chi connectivity index (χ0n) is 25.0. The van der Waals surface area contributed by atoms with E-state index in [-0.39, 0.29) is 6.04 Å².